The third kappa shape index (κ3) is 7.05. The summed E-state index contributed by atoms with van der Waals surface area (Å²) in [7, 11) is 0. The smallest absolute Gasteiger partial charge is 0.0110 e. The van der Waals surface area contributed by atoms with Crippen LogP contribution in [-0.4, -0.2) is 62.2 Å². The molecule has 3 nitrogen and oxygen atoms in total. The molecular weight excluding hydrogens is 246 g/mol. The van der Waals surface area contributed by atoms with Crippen LogP contribution in [0.2, 0.25) is 0 Å². The average Bonchev–Trinajstić information content (AvgIpc) is 3.27. The van der Waals surface area contributed by atoms with E-state index in [0.29, 0.717) is 0 Å². The fourth-order valence-electron chi connectivity index (χ4n) is 3.10. The minimum Gasteiger partial charge on any atom is -0.317 e. The molecule has 0 radical (unpaired) electrons. The third-order valence-corrected chi connectivity index (χ3v) is 4.68. The zero-order valence-electron chi connectivity index (χ0n) is 13.6. The molecule has 0 amide bonds. The van der Waals surface area contributed by atoms with Gasteiger partial charge in [-0.1, -0.05) is 19.8 Å². The van der Waals surface area contributed by atoms with Gasteiger partial charge in [0.05, 0.1) is 0 Å². The van der Waals surface area contributed by atoms with E-state index >= 15 is 0 Å². The minimum absolute atomic E-state index is 1.06. The van der Waals surface area contributed by atoms with Gasteiger partial charge in [0.25, 0.3) is 0 Å². The highest BCUT2D eigenvalue weighted by Crippen LogP contribution is 2.29. The van der Waals surface area contributed by atoms with Crippen molar-refractivity contribution in [1.82, 2.24) is 15.1 Å². The molecule has 118 valence electrons. The maximum atomic E-state index is 3.48. The van der Waals surface area contributed by atoms with Crippen LogP contribution < -0.4 is 5.32 Å². The van der Waals surface area contributed by atoms with Crippen LogP contribution >= 0.6 is 0 Å². The minimum atomic E-state index is 1.06. The van der Waals surface area contributed by atoms with Crippen LogP contribution in [0.3, 0.4) is 0 Å². The molecule has 2 rings (SSSR count). The van der Waals surface area contributed by atoms with Gasteiger partial charge in [-0.15, -0.1) is 0 Å². The first-order valence-corrected chi connectivity index (χ1v) is 9.04. The van der Waals surface area contributed by atoms with Crippen LogP contribution in [0.4, 0.5) is 0 Å². The number of rotatable bonds is 11. The van der Waals surface area contributed by atoms with Gasteiger partial charge in [0.1, 0.15) is 0 Å². The van der Waals surface area contributed by atoms with Crippen LogP contribution in [0.25, 0.3) is 0 Å². The van der Waals surface area contributed by atoms with Gasteiger partial charge >= 0.3 is 0 Å². The second-order valence-corrected chi connectivity index (χ2v) is 6.75. The monoisotopic (exact) mass is 281 g/mol. The predicted molar refractivity (Wildman–Crippen MR) is 87.2 cm³/mol. The van der Waals surface area contributed by atoms with Crippen molar-refractivity contribution in [3.8, 4) is 0 Å². The third-order valence-electron chi connectivity index (χ3n) is 4.68. The van der Waals surface area contributed by atoms with E-state index in [2.05, 4.69) is 22.0 Å². The van der Waals surface area contributed by atoms with E-state index in [-0.39, 0.29) is 0 Å². The topological polar surface area (TPSA) is 18.5 Å². The highest BCUT2D eigenvalue weighted by atomic mass is 15.3. The molecule has 2 aliphatic rings. The summed E-state index contributed by atoms with van der Waals surface area (Å²) in [6.45, 7) is 12.6. The zero-order valence-corrected chi connectivity index (χ0v) is 13.6. The van der Waals surface area contributed by atoms with E-state index in [9.17, 15) is 0 Å². The second kappa shape index (κ2) is 9.75. The molecule has 0 unspecified atom stereocenters. The quantitative estimate of drug-likeness (QED) is 0.587. The lowest BCUT2D eigenvalue weighted by Gasteiger charge is -2.34. The van der Waals surface area contributed by atoms with E-state index in [1.54, 1.807) is 0 Å². The first kappa shape index (κ1) is 16.3. The highest BCUT2D eigenvalue weighted by molar-refractivity contribution is 4.80. The van der Waals surface area contributed by atoms with Gasteiger partial charge < -0.3 is 15.1 Å². The lowest BCUT2D eigenvalue weighted by atomic mass is 10.1. The average molecular weight is 281 g/mol. The van der Waals surface area contributed by atoms with Crippen molar-refractivity contribution in [3.63, 3.8) is 0 Å². The molecule has 1 saturated heterocycles. The molecule has 0 atom stereocenters. The van der Waals surface area contributed by atoms with Gasteiger partial charge in [-0.05, 0) is 57.7 Å². The van der Waals surface area contributed by atoms with Crippen molar-refractivity contribution in [2.75, 3.05) is 52.4 Å². The largest absolute Gasteiger partial charge is 0.317 e. The molecule has 0 spiro atoms. The Morgan fingerprint density at radius 2 is 1.55 bits per heavy atom. The summed E-state index contributed by atoms with van der Waals surface area (Å²) in [5.41, 5.74) is 0. The molecule has 1 saturated carbocycles. The lowest BCUT2D eigenvalue weighted by molar-refractivity contribution is 0.127. The predicted octanol–water partition coefficient (Wildman–Crippen LogP) is 2.57. The Hall–Kier alpha value is -0.120. The van der Waals surface area contributed by atoms with Crippen LogP contribution in [0.1, 0.15) is 51.9 Å². The van der Waals surface area contributed by atoms with E-state index in [1.165, 1.54) is 97.3 Å². The Bertz CT molecular complexity index is 232. The second-order valence-electron chi connectivity index (χ2n) is 6.75. The number of nitrogens with one attached hydrogen (secondary N) is 1. The standard InChI is InChI=1S/C17H35N3/c1-2-9-18-10-5-3-4-6-11-19-12-14-20(15-13-19)16-17-7-8-17/h17-18H,2-16H2,1H3. The Balaban J connectivity index is 1.37. The normalized spacial score (nSPS) is 21.4. The van der Waals surface area contributed by atoms with E-state index in [1.807, 2.05) is 0 Å². The summed E-state index contributed by atoms with van der Waals surface area (Å²) in [5, 5.41) is 3.48. The van der Waals surface area contributed by atoms with Gasteiger partial charge in [0.2, 0.25) is 0 Å². The van der Waals surface area contributed by atoms with Crippen LogP contribution in [-0.2, 0) is 0 Å². The summed E-state index contributed by atoms with van der Waals surface area (Å²) in [6, 6.07) is 0. The molecule has 0 bridgehead atoms. The molecule has 3 heteroatoms. The van der Waals surface area contributed by atoms with Gasteiger partial charge in [0, 0.05) is 32.7 Å². The molecule has 2 fully saturated rings. The fourth-order valence-corrected chi connectivity index (χ4v) is 3.10. The van der Waals surface area contributed by atoms with Gasteiger partial charge in [-0.3, -0.25) is 0 Å². The lowest BCUT2D eigenvalue weighted by Crippen LogP contribution is -2.47. The van der Waals surface area contributed by atoms with Gasteiger partial charge in [-0.2, -0.15) is 0 Å². The molecule has 1 aliphatic heterocycles. The SMILES string of the molecule is CCCNCCCCCCN1CCN(CC2CC2)CC1. The molecular formula is C17H35N3. The fraction of sp³-hybridized carbons (Fsp3) is 1.00. The summed E-state index contributed by atoms with van der Waals surface area (Å²) >= 11 is 0. The van der Waals surface area contributed by atoms with Gasteiger partial charge in [0.15, 0.2) is 0 Å². The molecule has 0 aromatic rings. The Morgan fingerprint density at radius 1 is 0.850 bits per heavy atom. The van der Waals surface area contributed by atoms with Crippen molar-refractivity contribution in [3.05, 3.63) is 0 Å². The Labute approximate surface area is 126 Å². The molecule has 20 heavy (non-hydrogen) atoms. The van der Waals surface area contributed by atoms with E-state index in [0.717, 1.165) is 5.92 Å². The van der Waals surface area contributed by atoms with Crippen molar-refractivity contribution in [2.24, 2.45) is 5.92 Å². The van der Waals surface area contributed by atoms with Crippen molar-refractivity contribution < 1.29 is 0 Å². The molecule has 1 N–H and O–H groups in total. The molecule has 1 heterocycles. The maximum absolute atomic E-state index is 3.48. The van der Waals surface area contributed by atoms with Crippen molar-refractivity contribution in [1.29, 1.82) is 0 Å². The maximum Gasteiger partial charge on any atom is 0.0110 e. The van der Waals surface area contributed by atoms with Crippen LogP contribution in [0, 0.1) is 5.92 Å². The summed E-state index contributed by atoms with van der Waals surface area (Å²) in [4.78, 5) is 5.37. The Kier molecular flexibility index (Phi) is 7.92. The number of hydrogen-bond acceptors (Lipinski definition) is 3. The number of nitrogens with zero attached hydrogens (tertiary/aromatic N) is 2. The summed E-state index contributed by atoms with van der Waals surface area (Å²) in [6.07, 6.45) is 9.81. The highest BCUT2D eigenvalue weighted by Gasteiger charge is 2.26. The van der Waals surface area contributed by atoms with E-state index < -0.39 is 0 Å². The molecule has 0 aromatic carbocycles. The van der Waals surface area contributed by atoms with Crippen molar-refractivity contribution >= 4 is 0 Å². The van der Waals surface area contributed by atoms with Crippen molar-refractivity contribution in [2.45, 2.75) is 51.9 Å². The molecule has 1 aliphatic carbocycles. The first-order chi connectivity index (χ1) is 9.88. The van der Waals surface area contributed by atoms with Crippen LogP contribution in [0.5, 0.6) is 0 Å². The summed E-state index contributed by atoms with van der Waals surface area (Å²) in [5.74, 6) is 1.06. The zero-order chi connectivity index (χ0) is 14.0. The molecule has 0 aromatic heterocycles. The first-order valence-electron chi connectivity index (χ1n) is 9.04. The number of piperazine rings is 1. The summed E-state index contributed by atoms with van der Waals surface area (Å²) < 4.78 is 0. The number of hydrogen-bond donors (Lipinski definition) is 1. The van der Waals surface area contributed by atoms with E-state index in [4.69, 9.17) is 0 Å². The van der Waals surface area contributed by atoms with Gasteiger partial charge in [-0.25, -0.2) is 0 Å². The van der Waals surface area contributed by atoms with Crippen LogP contribution in [0.15, 0.2) is 0 Å². The number of unbranched alkanes of at least 4 members (excludes halogenated alkanes) is 3. The Morgan fingerprint density at radius 3 is 2.25 bits per heavy atom.